The van der Waals surface area contributed by atoms with Crippen molar-refractivity contribution in [2.24, 2.45) is 0 Å². The van der Waals surface area contributed by atoms with Crippen LogP contribution in [0.25, 0.3) is 5.69 Å². The molecule has 3 heteroatoms. The molecule has 3 rings (SSSR count). The lowest BCUT2D eigenvalue weighted by Crippen LogP contribution is -2.01. The molecule has 1 aliphatic carbocycles. The highest BCUT2D eigenvalue weighted by atomic mass is 35.5. The lowest BCUT2D eigenvalue weighted by atomic mass is 10.1. The van der Waals surface area contributed by atoms with Gasteiger partial charge in [0.2, 0.25) is 0 Å². The molecule has 0 amide bonds. The van der Waals surface area contributed by atoms with Crippen LogP contribution < -0.4 is 0 Å². The first-order valence-corrected chi connectivity index (χ1v) is 7.36. The number of halogens is 1. The van der Waals surface area contributed by atoms with Crippen molar-refractivity contribution in [3.05, 3.63) is 46.2 Å². The van der Waals surface area contributed by atoms with E-state index in [1.54, 1.807) is 0 Å². The van der Waals surface area contributed by atoms with Gasteiger partial charge >= 0.3 is 0 Å². The molecule has 1 saturated carbocycles. The lowest BCUT2D eigenvalue weighted by molar-refractivity contribution is 0.678. The minimum Gasteiger partial charge on any atom is -0.222 e. The van der Waals surface area contributed by atoms with Crippen LogP contribution >= 0.6 is 11.6 Å². The number of aromatic nitrogens is 2. The zero-order chi connectivity index (χ0) is 13.4. The molecule has 2 aromatic rings. The first-order chi connectivity index (χ1) is 9.15. The first kappa shape index (κ1) is 12.7. The van der Waals surface area contributed by atoms with Crippen LogP contribution in [0.5, 0.6) is 0 Å². The van der Waals surface area contributed by atoms with Gasteiger partial charge in [0.1, 0.15) is 5.15 Å². The summed E-state index contributed by atoms with van der Waals surface area (Å²) >= 11 is 6.37. The summed E-state index contributed by atoms with van der Waals surface area (Å²) in [4.78, 5) is 0. The largest absolute Gasteiger partial charge is 0.222 e. The Morgan fingerprint density at radius 3 is 2.58 bits per heavy atom. The fourth-order valence-electron chi connectivity index (χ4n) is 3.01. The predicted octanol–water partition coefficient (Wildman–Crippen LogP) is 4.80. The summed E-state index contributed by atoms with van der Waals surface area (Å²) in [7, 11) is 0. The quantitative estimate of drug-likeness (QED) is 0.769. The van der Waals surface area contributed by atoms with E-state index in [0.717, 1.165) is 11.4 Å². The Kier molecular flexibility index (Phi) is 3.36. The summed E-state index contributed by atoms with van der Waals surface area (Å²) in [5.74, 6) is 0.601. The average molecular weight is 275 g/mol. The number of hydrogen-bond acceptors (Lipinski definition) is 1. The Morgan fingerprint density at radius 1 is 1.16 bits per heavy atom. The smallest absolute Gasteiger partial charge is 0.133 e. The lowest BCUT2D eigenvalue weighted by Gasteiger charge is -2.08. The monoisotopic (exact) mass is 274 g/mol. The van der Waals surface area contributed by atoms with E-state index in [1.165, 1.54) is 36.8 Å². The van der Waals surface area contributed by atoms with Gasteiger partial charge in [0, 0.05) is 5.92 Å². The minimum absolute atomic E-state index is 0.601. The molecule has 1 aliphatic rings. The molecule has 0 aliphatic heterocycles. The molecule has 1 heterocycles. The summed E-state index contributed by atoms with van der Waals surface area (Å²) in [6.07, 6.45) is 5.14. The second-order valence-corrected chi connectivity index (χ2v) is 5.96. The third-order valence-corrected chi connectivity index (χ3v) is 4.31. The maximum absolute atomic E-state index is 6.37. The third kappa shape index (κ3) is 2.42. The van der Waals surface area contributed by atoms with Crippen molar-refractivity contribution in [2.75, 3.05) is 0 Å². The molecule has 1 aromatic heterocycles. The molecule has 1 aromatic carbocycles. The highest BCUT2D eigenvalue weighted by molar-refractivity contribution is 6.29. The van der Waals surface area contributed by atoms with Crippen LogP contribution in [-0.2, 0) is 0 Å². The SMILES string of the molecule is Cc1ccc(-n2nc(C3CCCC3)cc2Cl)c(C)c1. The molecule has 2 nitrogen and oxygen atoms in total. The van der Waals surface area contributed by atoms with Crippen LogP contribution in [0.2, 0.25) is 5.15 Å². The summed E-state index contributed by atoms with van der Waals surface area (Å²) in [5.41, 5.74) is 4.71. The van der Waals surface area contributed by atoms with Gasteiger partial charge in [0.15, 0.2) is 0 Å². The van der Waals surface area contributed by atoms with Crippen LogP contribution in [0, 0.1) is 13.8 Å². The normalized spacial score (nSPS) is 16.2. The maximum atomic E-state index is 6.37. The molecular formula is C16H19ClN2. The highest BCUT2D eigenvalue weighted by Gasteiger charge is 2.21. The van der Waals surface area contributed by atoms with Crippen molar-refractivity contribution in [1.29, 1.82) is 0 Å². The molecule has 0 atom stereocenters. The molecule has 0 radical (unpaired) electrons. The number of rotatable bonds is 2. The van der Waals surface area contributed by atoms with Crippen LogP contribution in [0.3, 0.4) is 0 Å². The van der Waals surface area contributed by atoms with Gasteiger partial charge < -0.3 is 0 Å². The zero-order valence-corrected chi connectivity index (χ0v) is 12.2. The fourth-order valence-corrected chi connectivity index (χ4v) is 3.25. The maximum Gasteiger partial charge on any atom is 0.133 e. The van der Waals surface area contributed by atoms with Crippen molar-refractivity contribution < 1.29 is 0 Å². The standard InChI is InChI=1S/C16H19ClN2/c1-11-7-8-15(12(2)9-11)19-16(17)10-14(18-19)13-5-3-4-6-13/h7-10,13H,3-6H2,1-2H3. The van der Waals surface area contributed by atoms with Gasteiger partial charge in [-0.1, -0.05) is 42.1 Å². The number of hydrogen-bond donors (Lipinski definition) is 0. The molecular weight excluding hydrogens is 256 g/mol. The zero-order valence-electron chi connectivity index (χ0n) is 11.5. The van der Waals surface area contributed by atoms with Gasteiger partial charge in [0.25, 0.3) is 0 Å². The second kappa shape index (κ2) is 5.01. The predicted molar refractivity (Wildman–Crippen MR) is 79.3 cm³/mol. The molecule has 0 N–H and O–H groups in total. The van der Waals surface area contributed by atoms with Gasteiger partial charge in [-0.2, -0.15) is 5.10 Å². The Labute approximate surface area is 119 Å². The van der Waals surface area contributed by atoms with E-state index in [2.05, 4.69) is 32.0 Å². The van der Waals surface area contributed by atoms with E-state index in [0.29, 0.717) is 11.1 Å². The molecule has 0 unspecified atom stereocenters. The van der Waals surface area contributed by atoms with Gasteiger partial charge in [-0.25, -0.2) is 4.68 Å². The molecule has 0 bridgehead atoms. The highest BCUT2D eigenvalue weighted by Crippen LogP contribution is 2.35. The topological polar surface area (TPSA) is 17.8 Å². The second-order valence-electron chi connectivity index (χ2n) is 5.58. The molecule has 0 spiro atoms. The average Bonchev–Trinajstić information content (AvgIpc) is 2.98. The van der Waals surface area contributed by atoms with E-state index in [1.807, 2.05) is 10.7 Å². The van der Waals surface area contributed by atoms with Crippen molar-refractivity contribution in [3.8, 4) is 5.69 Å². The fraction of sp³-hybridized carbons (Fsp3) is 0.438. The molecule has 1 fully saturated rings. The van der Waals surface area contributed by atoms with E-state index in [4.69, 9.17) is 16.7 Å². The van der Waals surface area contributed by atoms with Gasteiger partial charge in [0.05, 0.1) is 11.4 Å². The van der Waals surface area contributed by atoms with Crippen LogP contribution in [0.4, 0.5) is 0 Å². The number of benzene rings is 1. The Morgan fingerprint density at radius 2 is 1.89 bits per heavy atom. The molecule has 100 valence electrons. The Hall–Kier alpha value is -1.28. The number of aryl methyl sites for hydroxylation is 2. The van der Waals surface area contributed by atoms with Crippen LogP contribution in [0.1, 0.15) is 48.4 Å². The van der Waals surface area contributed by atoms with Crippen molar-refractivity contribution >= 4 is 11.6 Å². The van der Waals surface area contributed by atoms with E-state index < -0.39 is 0 Å². The van der Waals surface area contributed by atoms with Crippen LogP contribution in [0.15, 0.2) is 24.3 Å². The van der Waals surface area contributed by atoms with E-state index >= 15 is 0 Å². The van der Waals surface area contributed by atoms with Crippen molar-refractivity contribution in [2.45, 2.75) is 45.4 Å². The summed E-state index contributed by atoms with van der Waals surface area (Å²) < 4.78 is 1.88. The Bertz CT molecular complexity index is 595. The summed E-state index contributed by atoms with van der Waals surface area (Å²) in [6, 6.07) is 8.41. The van der Waals surface area contributed by atoms with Crippen molar-refractivity contribution in [3.63, 3.8) is 0 Å². The Balaban J connectivity index is 2.00. The third-order valence-electron chi connectivity index (χ3n) is 4.04. The van der Waals surface area contributed by atoms with E-state index in [-0.39, 0.29) is 0 Å². The molecule has 0 saturated heterocycles. The number of nitrogens with zero attached hydrogens (tertiary/aromatic N) is 2. The summed E-state index contributed by atoms with van der Waals surface area (Å²) in [5, 5.41) is 5.45. The minimum atomic E-state index is 0.601. The van der Waals surface area contributed by atoms with Crippen molar-refractivity contribution in [1.82, 2.24) is 9.78 Å². The van der Waals surface area contributed by atoms with Gasteiger partial charge in [-0.15, -0.1) is 0 Å². The molecule has 19 heavy (non-hydrogen) atoms. The summed E-state index contributed by atoms with van der Waals surface area (Å²) in [6.45, 7) is 4.21. The van der Waals surface area contributed by atoms with Gasteiger partial charge in [-0.3, -0.25) is 0 Å². The van der Waals surface area contributed by atoms with E-state index in [9.17, 15) is 0 Å². The van der Waals surface area contributed by atoms with Gasteiger partial charge in [-0.05, 0) is 44.4 Å². The first-order valence-electron chi connectivity index (χ1n) is 6.98. The van der Waals surface area contributed by atoms with Crippen LogP contribution in [-0.4, -0.2) is 9.78 Å².